The van der Waals surface area contributed by atoms with Crippen molar-refractivity contribution < 1.29 is 0 Å². The normalized spacial score (nSPS) is 12.1. The van der Waals surface area contributed by atoms with Crippen LogP contribution >= 0.6 is 0 Å². The molecule has 0 N–H and O–H groups in total. The minimum atomic E-state index is 0.805. The smallest absolute Gasteiger partial charge is 0.135 e. The Morgan fingerprint density at radius 1 is 0.435 bits per heavy atom. The molecule has 0 aliphatic carbocycles. The van der Waals surface area contributed by atoms with Gasteiger partial charge in [0.25, 0.3) is 0 Å². The summed E-state index contributed by atoms with van der Waals surface area (Å²) in [6, 6.07) is 15.7. The lowest BCUT2D eigenvalue weighted by molar-refractivity contribution is 0.533. The van der Waals surface area contributed by atoms with Gasteiger partial charge in [0.15, 0.2) is 0 Å². The maximum atomic E-state index is 5.36. The van der Waals surface area contributed by atoms with Gasteiger partial charge in [0.1, 0.15) is 5.71 Å². The molecule has 0 amide bonds. The predicted molar refractivity (Wildman–Crippen MR) is 280 cm³/mol. The van der Waals surface area contributed by atoms with E-state index in [1.54, 1.807) is 0 Å². The van der Waals surface area contributed by atoms with Gasteiger partial charge in [-0.05, 0) is 105 Å². The number of para-hydroxylation sites is 1. The average Bonchev–Trinajstić information content (AvgIpc) is 3.29. The van der Waals surface area contributed by atoms with E-state index in [1.165, 1.54) is 222 Å². The van der Waals surface area contributed by atoms with Crippen LogP contribution in [0.2, 0.25) is 0 Å². The van der Waals surface area contributed by atoms with Gasteiger partial charge in [-0.1, -0.05) is 244 Å². The van der Waals surface area contributed by atoms with Gasteiger partial charge in [-0.2, -0.15) is 0 Å². The molecule has 0 unspecified atom stereocenters. The molecule has 348 valence electrons. The van der Waals surface area contributed by atoms with Crippen LogP contribution in [0.15, 0.2) is 64.6 Å². The summed E-state index contributed by atoms with van der Waals surface area (Å²) < 4.78 is 0. The molecule has 2 nitrogen and oxygen atoms in total. The number of benzene rings is 2. The van der Waals surface area contributed by atoms with Crippen molar-refractivity contribution in [3.05, 3.63) is 71.3 Å². The molecule has 62 heavy (non-hydrogen) atoms. The van der Waals surface area contributed by atoms with Crippen molar-refractivity contribution >= 4 is 22.8 Å². The molecule has 0 saturated heterocycles. The minimum absolute atomic E-state index is 0.805. The molecule has 2 aromatic rings. The van der Waals surface area contributed by atoms with Gasteiger partial charge >= 0.3 is 0 Å². The lowest BCUT2D eigenvalue weighted by Crippen LogP contribution is -2.11. The predicted octanol–water partition coefficient (Wildman–Crippen LogP) is 20.1. The fourth-order valence-electron chi connectivity index (χ4n) is 8.64. The highest BCUT2D eigenvalue weighted by Gasteiger charge is 2.11. The summed E-state index contributed by atoms with van der Waals surface area (Å²) >= 11 is 0. The molecule has 0 aliphatic rings. The number of aryl methyl sites for hydroxylation is 3. The molecule has 0 aromatic heterocycles. The van der Waals surface area contributed by atoms with Gasteiger partial charge < -0.3 is 0 Å². The molecule has 0 fully saturated rings. The summed E-state index contributed by atoms with van der Waals surface area (Å²) in [7, 11) is 0. The van der Waals surface area contributed by atoms with Crippen molar-refractivity contribution in [2.24, 2.45) is 9.98 Å². The number of aliphatic imine (C=N–C) groups is 2. The molecular weight excluding hydrogens is 749 g/mol. The SMILES string of the molecule is CCCCCCCCCCCC=CCCc1ccccc1N=C(C#CCCCCCCCCCCCCCCCCC)C(CC)=Nc1ccc(CCCCC)c(CCCCC)c1. The quantitative estimate of drug-likeness (QED) is 0.0276. The molecule has 2 aromatic carbocycles. The van der Waals surface area contributed by atoms with E-state index >= 15 is 0 Å². The van der Waals surface area contributed by atoms with Gasteiger partial charge in [0.2, 0.25) is 0 Å². The highest BCUT2D eigenvalue weighted by molar-refractivity contribution is 6.49. The van der Waals surface area contributed by atoms with E-state index in [0.717, 1.165) is 54.9 Å². The fraction of sp³-hybridized carbons (Fsp3) is 0.700. The number of allylic oxidation sites excluding steroid dienone is 2. The zero-order valence-electron chi connectivity index (χ0n) is 41.8. The van der Waals surface area contributed by atoms with E-state index in [1.807, 2.05) is 0 Å². The fourth-order valence-corrected chi connectivity index (χ4v) is 8.64. The van der Waals surface area contributed by atoms with Crippen molar-refractivity contribution in [3.63, 3.8) is 0 Å². The first kappa shape index (κ1) is 55.2. The van der Waals surface area contributed by atoms with Crippen molar-refractivity contribution in [1.82, 2.24) is 0 Å². The molecular formula is C60H98N2. The van der Waals surface area contributed by atoms with Crippen LogP contribution in [-0.2, 0) is 19.3 Å². The summed E-state index contributed by atoms with van der Waals surface area (Å²) in [5.74, 6) is 7.17. The molecule has 0 saturated carbocycles. The monoisotopic (exact) mass is 847 g/mol. The number of rotatable bonds is 40. The van der Waals surface area contributed by atoms with Crippen LogP contribution in [0.5, 0.6) is 0 Å². The van der Waals surface area contributed by atoms with Crippen LogP contribution in [0, 0.1) is 11.8 Å². The van der Waals surface area contributed by atoms with Crippen LogP contribution in [0.25, 0.3) is 0 Å². The number of hydrogen-bond acceptors (Lipinski definition) is 2. The third-order valence-corrected chi connectivity index (χ3v) is 12.7. The number of unbranched alkanes of at least 4 members (excludes halogenated alkanes) is 28. The highest BCUT2D eigenvalue weighted by atomic mass is 14.8. The van der Waals surface area contributed by atoms with Crippen molar-refractivity contribution in [3.8, 4) is 11.8 Å². The first-order valence-corrected chi connectivity index (χ1v) is 27.2. The maximum absolute atomic E-state index is 5.36. The Balaban J connectivity index is 2.09. The van der Waals surface area contributed by atoms with E-state index in [-0.39, 0.29) is 0 Å². The molecule has 0 atom stereocenters. The minimum Gasteiger partial charge on any atom is -0.251 e. The van der Waals surface area contributed by atoms with Gasteiger partial charge in [-0.25, -0.2) is 4.99 Å². The lowest BCUT2D eigenvalue weighted by Gasteiger charge is -2.12. The van der Waals surface area contributed by atoms with Gasteiger partial charge in [-0.15, -0.1) is 0 Å². The molecule has 0 bridgehead atoms. The summed E-state index contributed by atoms with van der Waals surface area (Å²) in [5, 5.41) is 0. The molecule has 0 radical (unpaired) electrons. The van der Waals surface area contributed by atoms with Crippen molar-refractivity contribution in [1.29, 1.82) is 0 Å². The van der Waals surface area contributed by atoms with Crippen molar-refractivity contribution in [2.75, 3.05) is 0 Å². The highest BCUT2D eigenvalue weighted by Crippen LogP contribution is 2.25. The van der Waals surface area contributed by atoms with Crippen LogP contribution in [0.4, 0.5) is 11.4 Å². The molecule has 2 heteroatoms. The third-order valence-electron chi connectivity index (χ3n) is 12.7. The molecule has 0 spiro atoms. The largest absolute Gasteiger partial charge is 0.251 e. The van der Waals surface area contributed by atoms with Crippen LogP contribution in [-0.4, -0.2) is 11.4 Å². The first-order valence-electron chi connectivity index (χ1n) is 27.2. The van der Waals surface area contributed by atoms with E-state index in [2.05, 4.69) is 101 Å². The second kappa shape index (κ2) is 40.8. The summed E-state index contributed by atoms with van der Waals surface area (Å²) in [4.78, 5) is 10.7. The zero-order chi connectivity index (χ0) is 44.4. The van der Waals surface area contributed by atoms with Gasteiger partial charge in [-0.3, -0.25) is 4.99 Å². The van der Waals surface area contributed by atoms with E-state index in [4.69, 9.17) is 9.98 Å². The Labute approximate surface area is 386 Å². The van der Waals surface area contributed by atoms with Crippen molar-refractivity contribution in [2.45, 2.75) is 272 Å². The summed E-state index contributed by atoms with van der Waals surface area (Å²) in [6.45, 7) is 11.4. The Kier molecular flexibility index (Phi) is 36.4. The van der Waals surface area contributed by atoms with E-state index in [9.17, 15) is 0 Å². The van der Waals surface area contributed by atoms with E-state index < -0.39 is 0 Å². The Hall–Kier alpha value is -2.92. The Morgan fingerprint density at radius 3 is 1.48 bits per heavy atom. The average molecular weight is 847 g/mol. The van der Waals surface area contributed by atoms with Gasteiger partial charge in [0.05, 0.1) is 17.1 Å². The first-order chi connectivity index (χ1) is 30.7. The standard InChI is InChI=1S/C60H98N2/c1-6-11-15-17-19-21-23-25-26-27-28-30-32-34-36-38-42-50-60(58(10-5)61-57-52-51-54(45-39-13-8-3)56(53-57)48-40-14-9-4)62-59-49-44-43-47-55(59)46-41-37-35-33-31-29-24-22-20-18-16-12-7-2/h35,37,43-44,47,49,51-53H,6-34,36,38-41,45-46,48H2,1-5H3. The van der Waals surface area contributed by atoms with E-state index in [0.29, 0.717) is 0 Å². The van der Waals surface area contributed by atoms with Gasteiger partial charge in [0, 0.05) is 6.42 Å². The third kappa shape index (κ3) is 28.7. The van der Waals surface area contributed by atoms with Crippen LogP contribution in [0.3, 0.4) is 0 Å². The number of nitrogens with zero attached hydrogens (tertiary/aromatic N) is 2. The van der Waals surface area contributed by atoms with Crippen LogP contribution < -0.4 is 0 Å². The Bertz CT molecular complexity index is 1500. The topological polar surface area (TPSA) is 24.7 Å². The number of hydrogen-bond donors (Lipinski definition) is 0. The van der Waals surface area contributed by atoms with Crippen LogP contribution in [0.1, 0.15) is 270 Å². The summed E-state index contributed by atoms with van der Waals surface area (Å²) in [6.07, 6.45) is 52.9. The molecule has 2 rings (SSSR count). The Morgan fingerprint density at radius 2 is 0.919 bits per heavy atom. The second-order valence-electron chi connectivity index (χ2n) is 18.5. The molecule has 0 heterocycles. The maximum Gasteiger partial charge on any atom is 0.135 e. The summed E-state index contributed by atoms with van der Waals surface area (Å²) in [5.41, 5.74) is 8.25. The molecule has 0 aliphatic heterocycles. The second-order valence-corrected chi connectivity index (χ2v) is 18.5. The zero-order valence-corrected chi connectivity index (χ0v) is 41.8. The lowest BCUT2D eigenvalue weighted by atomic mass is 9.96.